The van der Waals surface area contributed by atoms with Gasteiger partial charge in [0.15, 0.2) is 30.3 Å². The molecule has 93 heavy (non-hydrogen) atoms. The van der Waals surface area contributed by atoms with Crippen molar-refractivity contribution in [2.24, 2.45) is 0 Å². The molecule has 5 fully saturated rings. The van der Waals surface area contributed by atoms with Gasteiger partial charge in [-0.2, -0.15) is 0 Å². The van der Waals surface area contributed by atoms with Gasteiger partial charge in [0, 0.05) is 34.7 Å². The highest BCUT2D eigenvalue weighted by Crippen LogP contribution is 2.50. The van der Waals surface area contributed by atoms with Gasteiger partial charge in [-0.15, -0.1) is 0 Å². The number of nitrogens with zero attached hydrogens (tertiary/aromatic N) is 9. The Labute approximate surface area is 539 Å². The second kappa shape index (κ2) is 23.6. The van der Waals surface area contributed by atoms with Gasteiger partial charge in [0.25, 0.3) is 0 Å². The summed E-state index contributed by atoms with van der Waals surface area (Å²) < 4.78 is 49.6. The minimum Gasteiger partial charge on any atom is -0.387 e. The Hall–Kier alpha value is -7.22. The van der Waals surface area contributed by atoms with Gasteiger partial charge in [0.2, 0.25) is 0 Å². The first kappa shape index (κ1) is 61.9. The number of aliphatic hydroxyl groups is 5. The molecule has 8 aliphatic rings. The molecule has 0 bridgehead atoms. The second-order valence-electron chi connectivity index (χ2n) is 27.7. The van der Waals surface area contributed by atoms with Gasteiger partial charge in [-0.25, -0.2) is 29.9 Å². The quantitative estimate of drug-likeness (QED) is 0.0763. The van der Waals surface area contributed by atoms with E-state index in [1.807, 2.05) is 105 Å². The van der Waals surface area contributed by atoms with Gasteiger partial charge < -0.3 is 72.4 Å². The predicted octanol–water partition coefficient (Wildman–Crippen LogP) is 9.52. The molecule has 0 spiro atoms. The first-order valence-corrected chi connectivity index (χ1v) is 32.6. The normalized spacial score (nSPS) is 28.5. The highest BCUT2D eigenvalue weighted by atomic mass is 16.8. The lowest BCUT2D eigenvalue weighted by Gasteiger charge is -2.28. The lowest BCUT2D eigenvalue weighted by atomic mass is 9.85. The zero-order chi connectivity index (χ0) is 64.7. The molecule has 6 aromatic heterocycles. The van der Waals surface area contributed by atoms with Gasteiger partial charge in [0.05, 0.1) is 17.1 Å². The summed E-state index contributed by atoms with van der Waals surface area (Å²) in [5.41, 5.74) is 16.1. The molecule has 5 saturated heterocycles. The van der Waals surface area contributed by atoms with Crippen LogP contribution < -0.4 is 0 Å². The maximum Gasteiger partial charge on any atom is 0.164 e. The summed E-state index contributed by atoms with van der Waals surface area (Å²) in [6.07, 6.45) is 6.32. The van der Waals surface area contributed by atoms with Crippen LogP contribution in [0.4, 0.5) is 0 Å². The third-order valence-corrected chi connectivity index (χ3v) is 20.0. The fourth-order valence-corrected chi connectivity index (χ4v) is 14.9. The zero-order valence-corrected chi connectivity index (χ0v) is 53.8. The van der Waals surface area contributed by atoms with Crippen LogP contribution in [0.1, 0.15) is 178 Å². The molecule has 21 nitrogen and oxygen atoms in total. The topological polar surface area (TPSA) is 258 Å². The van der Waals surface area contributed by atoms with E-state index in [-0.39, 0.29) is 30.1 Å². The molecule has 9 aromatic rings. The van der Waals surface area contributed by atoms with Gasteiger partial charge in [0.1, 0.15) is 109 Å². The lowest BCUT2D eigenvalue weighted by Crippen LogP contribution is -2.35. The van der Waals surface area contributed by atoms with Gasteiger partial charge >= 0.3 is 0 Å². The van der Waals surface area contributed by atoms with Crippen molar-refractivity contribution in [2.75, 3.05) is 0 Å². The summed E-state index contributed by atoms with van der Waals surface area (Å²) in [6, 6.07) is 24.1. The monoisotopic (exact) mass is 1260 g/mol. The van der Waals surface area contributed by atoms with E-state index >= 15 is 0 Å². The molecule has 0 amide bonds. The number of hydrogen-bond acceptors (Lipinski definition) is 18. The Bertz CT molecular complexity index is 4350. The molecule has 5 N–H and O–H groups in total. The molecule has 0 saturated carbocycles. The molecular weight excluding hydrogens is 1180 g/mol. The van der Waals surface area contributed by atoms with E-state index in [9.17, 15) is 25.5 Å². The Morgan fingerprint density at radius 3 is 1.19 bits per heavy atom. The fraction of sp³-hybridized carbons (Fsp3) is 0.472. The zero-order valence-electron chi connectivity index (χ0n) is 53.8. The van der Waals surface area contributed by atoms with E-state index in [2.05, 4.69) is 88.4 Å². The van der Waals surface area contributed by atoms with Crippen molar-refractivity contribution < 1.29 is 58.7 Å². The molecule has 11 heterocycles. The van der Waals surface area contributed by atoms with Gasteiger partial charge in [-0.1, -0.05) is 88.9 Å². The van der Waals surface area contributed by atoms with E-state index in [0.29, 0.717) is 11.2 Å². The van der Waals surface area contributed by atoms with Crippen LogP contribution in [0.2, 0.25) is 0 Å². The minimum atomic E-state index is -1.22. The van der Waals surface area contributed by atoms with Crippen LogP contribution in [0.15, 0.2) is 117 Å². The number of benzene rings is 3. The number of hydrogen-bond donors (Lipinski definition) is 5. The van der Waals surface area contributed by atoms with Crippen molar-refractivity contribution in [2.45, 2.75) is 216 Å². The maximum atomic E-state index is 11.3. The number of fused-ring (bicyclic) bond motifs is 8. The average Bonchev–Trinajstić information content (AvgIpc) is 1.60. The summed E-state index contributed by atoms with van der Waals surface area (Å²) in [5, 5.41) is 57.6. The van der Waals surface area contributed by atoms with Crippen molar-refractivity contribution in [3.63, 3.8) is 0 Å². The Kier molecular flexibility index (Phi) is 15.7. The third kappa shape index (κ3) is 10.8. The lowest BCUT2D eigenvalue weighted by molar-refractivity contribution is -0.207. The van der Waals surface area contributed by atoms with Crippen molar-refractivity contribution in [1.82, 2.24) is 43.6 Å². The van der Waals surface area contributed by atoms with E-state index < -0.39 is 85.2 Å². The first-order valence-electron chi connectivity index (χ1n) is 32.6. The summed E-state index contributed by atoms with van der Waals surface area (Å²) in [6.45, 7) is 21.9. The molecule has 21 heteroatoms. The highest BCUT2D eigenvalue weighted by Gasteiger charge is 2.60. The standard InChI is InChI=1S/C25H29N3O4.C25H27N3O4.C22H25N3O4/c2*1-13(2)18-17-9-10-28(23(17)27-12-26-18)24-22-21(31-25(3,4)32-22)20(30-24)19(29)16-8-6-14-5-7-15(14)11-16;1-11(2)16-15-7-8-25(21(15)24-10-23-16)22-19(28)18(27)20(29-22)17(26)14-6-4-12-3-5-13(12)9-14/h6,8-13,19-22,24,29H,5,7H2,1-4H3;6,8-12,19-22,24,29H,1,5,7H2,2-4H3;4,6-11,17-20,22,26-28H,3,5H2,1-2H3/t2*19-,20-,21-,22-,24-;17-,18+,19-,20-,22-/m111/s1. The van der Waals surface area contributed by atoms with Crippen LogP contribution in [0.5, 0.6) is 0 Å². The number of rotatable bonds is 12. The molecule has 486 valence electrons. The second-order valence-corrected chi connectivity index (χ2v) is 27.7. The van der Waals surface area contributed by atoms with Crippen LogP contribution in [-0.2, 0) is 71.7 Å². The third-order valence-electron chi connectivity index (χ3n) is 20.0. The van der Waals surface area contributed by atoms with Crippen LogP contribution in [-0.4, -0.2) is 136 Å². The number of aromatic nitrogens is 9. The van der Waals surface area contributed by atoms with Crippen molar-refractivity contribution >= 4 is 38.7 Å². The number of aryl methyl sites for hydroxylation is 6. The molecule has 15 atom stereocenters. The van der Waals surface area contributed by atoms with Gasteiger partial charge in [-0.05, 0) is 159 Å². The summed E-state index contributed by atoms with van der Waals surface area (Å²) >= 11 is 0. The van der Waals surface area contributed by atoms with Crippen molar-refractivity contribution in [1.29, 1.82) is 0 Å². The SMILES string of the molecule is C=C(C)c1ncnc2c1ccn2[C@@H]1O[C@H]([C@H](O)c2ccc3c(c2)CC3)[C@H]2OC(C)(C)O[C@H]21.CC(C)c1ncnc2c1ccn2[C@@H]1O[C@H]([C@H](O)c2ccc3c(c2)CC3)[C@@H](O)[C@H]1O.CC(C)c1ncnc2c1ccn2[C@@H]1O[C@H]([C@H](O)c2ccc3c(c2)CC3)[C@H]2OC(C)(C)O[C@H]21. The molecule has 17 rings (SSSR count). The van der Waals surface area contributed by atoms with Crippen LogP contribution in [0, 0.1) is 0 Å². The highest BCUT2D eigenvalue weighted by molar-refractivity contribution is 5.87. The van der Waals surface area contributed by atoms with Gasteiger partial charge in [-0.3, -0.25) is 0 Å². The van der Waals surface area contributed by atoms with Crippen LogP contribution >= 0.6 is 0 Å². The summed E-state index contributed by atoms with van der Waals surface area (Å²) in [5.74, 6) is -1.02. The maximum absolute atomic E-state index is 11.3. The van der Waals surface area contributed by atoms with E-state index in [1.54, 1.807) is 23.4 Å². The van der Waals surface area contributed by atoms with E-state index in [4.69, 9.17) is 33.2 Å². The van der Waals surface area contributed by atoms with Crippen molar-refractivity contribution in [3.8, 4) is 0 Å². The summed E-state index contributed by atoms with van der Waals surface area (Å²) in [7, 11) is 0. The average molecular weight is 1260 g/mol. The smallest absolute Gasteiger partial charge is 0.164 e. The molecule has 0 radical (unpaired) electrons. The number of allylic oxidation sites excluding steroid dienone is 1. The molecule has 3 aliphatic carbocycles. The largest absolute Gasteiger partial charge is 0.387 e. The Morgan fingerprint density at radius 1 is 0.452 bits per heavy atom. The minimum absolute atomic E-state index is 0.224. The van der Waals surface area contributed by atoms with E-state index in [0.717, 1.165) is 99.8 Å². The van der Waals surface area contributed by atoms with Crippen LogP contribution in [0.25, 0.3) is 38.7 Å². The van der Waals surface area contributed by atoms with Crippen LogP contribution in [0.3, 0.4) is 0 Å². The van der Waals surface area contributed by atoms with E-state index in [1.165, 1.54) is 39.7 Å². The Morgan fingerprint density at radius 2 is 0.806 bits per heavy atom. The first-order chi connectivity index (χ1) is 44.6. The molecular formula is C72H81N9O12. The Balaban J connectivity index is 0.000000116. The predicted molar refractivity (Wildman–Crippen MR) is 343 cm³/mol. The molecule has 0 unspecified atom stereocenters. The number of ether oxygens (including phenoxy) is 7. The molecule has 3 aromatic carbocycles. The summed E-state index contributed by atoms with van der Waals surface area (Å²) in [4.78, 5) is 26.6. The fourth-order valence-electron chi connectivity index (χ4n) is 14.9. The molecule has 5 aliphatic heterocycles. The van der Waals surface area contributed by atoms with Crippen molar-refractivity contribution in [3.05, 3.63) is 184 Å². The number of aliphatic hydroxyl groups excluding tert-OH is 5.